The van der Waals surface area contributed by atoms with Gasteiger partial charge in [0.25, 0.3) is 0 Å². The first kappa shape index (κ1) is 14.0. The Bertz CT molecular complexity index is 495. The highest BCUT2D eigenvalue weighted by atomic mass is 35.5. The minimum absolute atomic E-state index is 0.0644. The van der Waals surface area contributed by atoms with Crippen molar-refractivity contribution in [3.05, 3.63) is 28.2 Å². The number of rotatable bonds is 2. The zero-order valence-electron chi connectivity index (χ0n) is 11.1. The monoisotopic (exact) mass is 313 g/mol. The van der Waals surface area contributed by atoms with Gasteiger partial charge in [-0.1, -0.05) is 29.3 Å². The van der Waals surface area contributed by atoms with Gasteiger partial charge in [0.1, 0.15) is 6.23 Å². The molecule has 1 fully saturated rings. The van der Waals surface area contributed by atoms with Crippen molar-refractivity contribution in [3.63, 3.8) is 0 Å². The van der Waals surface area contributed by atoms with Gasteiger partial charge < -0.3 is 10.1 Å². The second-order valence-corrected chi connectivity index (χ2v) is 5.71. The van der Waals surface area contributed by atoms with E-state index in [1.807, 2.05) is 23.1 Å². The molecule has 0 aliphatic carbocycles. The first-order valence-electron chi connectivity index (χ1n) is 6.90. The first-order chi connectivity index (χ1) is 9.77. The topological polar surface area (TPSA) is 36.9 Å². The Morgan fingerprint density at radius 3 is 2.65 bits per heavy atom. The third-order valence-corrected chi connectivity index (χ3v) is 4.12. The van der Waals surface area contributed by atoms with E-state index in [1.54, 1.807) is 0 Å². The van der Waals surface area contributed by atoms with Crippen LogP contribution in [-0.2, 0) is 4.74 Å². The van der Waals surface area contributed by atoms with Gasteiger partial charge in [0.15, 0.2) is 0 Å². The summed E-state index contributed by atoms with van der Waals surface area (Å²) in [5.41, 5.74) is 0.774. The number of hydrogen-bond donors (Lipinski definition) is 1. The van der Waals surface area contributed by atoms with Crippen LogP contribution in [0.3, 0.4) is 0 Å². The van der Waals surface area contributed by atoms with Gasteiger partial charge in [-0.15, -0.1) is 0 Å². The van der Waals surface area contributed by atoms with Crippen molar-refractivity contribution in [2.24, 2.45) is 4.99 Å². The molecule has 1 saturated heterocycles. The number of nitrogens with one attached hydrogen (secondary N) is 1. The highest BCUT2D eigenvalue weighted by molar-refractivity contribution is 6.40. The van der Waals surface area contributed by atoms with E-state index in [9.17, 15) is 0 Å². The van der Waals surface area contributed by atoms with Crippen molar-refractivity contribution in [3.8, 4) is 0 Å². The maximum Gasteiger partial charge on any atom is 0.200 e. The summed E-state index contributed by atoms with van der Waals surface area (Å²) in [6.07, 6.45) is 3.12. The van der Waals surface area contributed by atoms with Crippen LogP contribution < -0.4 is 10.2 Å². The molecule has 1 atom stereocenters. The van der Waals surface area contributed by atoms with Gasteiger partial charge >= 0.3 is 0 Å². The molecule has 0 aromatic heterocycles. The number of halogens is 2. The zero-order valence-corrected chi connectivity index (χ0v) is 12.6. The molecule has 0 spiro atoms. The van der Waals surface area contributed by atoms with Gasteiger partial charge in [0, 0.05) is 13.2 Å². The summed E-state index contributed by atoms with van der Waals surface area (Å²) in [6.45, 7) is 2.36. The molecule has 1 unspecified atom stereocenters. The van der Waals surface area contributed by atoms with Gasteiger partial charge in [0.2, 0.25) is 5.96 Å². The summed E-state index contributed by atoms with van der Waals surface area (Å²) >= 11 is 12.7. The summed E-state index contributed by atoms with van der Waals surface area (Å²) in [5, 5.41) is 4.51. The minimum atomic E-state index is -0.0644. The number of hydrogen-bond acceptors (Lipinski definition) is 4. The molecule has 6 heteroatoms. The zero-order chi connectivity index (χ0) is 13.9. The summed E-state index contributed by atoms with van der Waals surface area (Å²) in [4.78, 5) is 6.51. The maximum absolute atomic E-state index is 6.36. The van der Waals surface area contributed by atoms with Crippen LogP contribution >= 0.6 is 23.2 Å². The molecule has 2 aliphatic heterocycles. The smallest absolute Gasteiger partial charge is 0.200 e. The minimum Gasteiger partial charge on any atom is -0.358 e. The first-order valence-corrected chi connectivity index (χ1v) is 7.66. The van der Waals surface area contributed by atoms with Crippen molar-refractivity contribution < 1.29 is 4.74 Å². The lowest BCUT2D eigenvalue weighted by Gasteiger charge is -2.36. The summed E-state index contributed by atoms with van der Waals surface area (Å²) < 4.78 is 5.90. The van der Waals surface area contributed by atoms with E-state index in [0.717, 1.165) is 50.6 Å². The lowest BCUT2D eigenvalue weighted by Crippen LogP contribution is -2.48. The number of ether oxygens (including phenoxy) is 1. The van der Waals surface area contributed by atoms with Crippen molar-refractivity contribution in [2.75, 3.05) is 24.6 Å². The van der Waals surface area contributed by atoms with Crippen LogP contribution in [0.15, 0.2) is 23.2 Å². The van der Waals surface area contributed by atoms with Crippen molar-refractivity contribution >= 4 is 34.8 Å². The fourth-order valence-electron chi connectivity index (χ4n) is 2.58. The number of nitrogens with zero attached hydrogens (tertiary/aromatic N) is 2. The Morgan fingerprint density at radius 1 is 1.25 bits per heavy atom. The summed E-state index contributed by atoms with van der Waals surface area (Å²) in [7, 11) is 0. The molecule has 108 valence electrons. The van der Waals surface area contributed by atoms with Crippen LogP contribution in [0.25, 0.3) is 0 Å². The van der Waals surface area contributed by atoms with E-state index >= 15 is 0 Å². The molecule has 1 N–H and O–H groups in total. The van der Waals surface area contributed by atoms with Crippen molar-refractivity contribution in [1.82, 2.24) is 5.32 Å². The fraction of sp³-hybridized carbons (Fsp3) is 0.500. The Balaban J connectivity index is 2.00. The van der Waals surface area contributed by atoms with Crippen LogP contribution in [0.1, 0.15) is 19.3 Å². The van der Waals surface area contributed by atoms with Crippen molar-refractivity contribution in [1.29, 1.82) is 0 Å². The average Bonchev–Trinajstić information content (AvgIpc) is 2.98. The summed E-state index contributed by atoms with van der Waals surface area (Å²) in [5.74, 6) is 0.798. The molecule has 4 nitrogen and oxygen atoms in total. The number of aliphatic imine (C=N–C) groups is 1. The lowest BCUT2D eigenvalue weighted by molar-refractivity contribution is 0.0222. The van der Waals surface area contributed by atoms with Gasteiger partial charge in [-0.05, 0) is 31.4 Å². The fourth-order valence-corrected chi connectivity index (χ4v) is 3.16. The lowest BCUT2D eigenvalue weighted by atomic mass is 10.1. The van der Waals surface area contributed by atoms with Crippen molar-refractivity contribution in [2.45, 2.75) is 25.5 Å². The largest absolute Gasteiger partial charge is 0.358 e. The highest BCUT2D eigenvalue weighted by Gasteiger charge is 2.30. The second-order valence-electron chi connectivity index (χ2n) is 4.89. The molecule has 0 amide bonds. The predicted octanol–water partition coefficient (Wildman–Crippen LogP) is 3.29. The molecular formula is C14H17Cl2N3O. The quantitative estimate of drug-likeness (QED) is 0.910. The van der Waals surface area contributed by atoms with Crippen LogP contribution in [0.2, 0.25) is 10.0 Å². The maximum atomic E-state index is 6.36. The van der Waals surface area contributed by atoms with E-state index in [2.05, 4.69) is 10.3 Å². The summed E-state index contributed by atoms with van der Waals surface area (Å²) in [6, 6.07) is 5.53. The third-order valence-electron chi connectivity index (χ3n) is 3.51. The molecule has 0 radical (unpaired) electrons. The van der Waals surface area contributed by atoms with E-state index in [0.29, 0.717) is 10.0 Å². The average molecular weight is 314 g/mol. The molecule has 2 heterocycles. The van der Waals surface area contributed by atoms with E-state index in [4.69, 9.17) is 27.9 Å². The third kappa shape index (κ3) is 2.73. The highest BCUT2D eigenvalue weighted by Crippen LogP contribution is 2.36. The molecule has 20 heavy (non-hydrogen) atoms. The second kappa shape index (κ2) is 6.20. The molecule has 1 aromatic carbocycles. The Hall–Kier alpha value is -0.970. The molecule has 0 bridgehead atoms. The van der Waals surface area contributed by atoms with E-state index in [1.165, 1.54) is 0 Å². The van der Waals surface area contributed by atoms with Crippen LogP contribution in [0.5, 0.6) is 0 Å². The van der Waals surface area contributed by atoms with Crippen LogP contribution in [0, 0.1) is 0 Å². The number of para-hydroxylation sites is 1. The Labute approximate surface area is 128 Å². The van der Waals surface area contributed by atoms with E-state index < -0.39 is 0 Å². The molecular weight excluding hydrogens is 297 g/mol. The molecule has 3 rings (SSSR count). The number of anilines is 1. The van der Waals surface area contributed by atoms with Crippen LogP contribution in [0.4, 0.5) is 5.69 Å². The van der Waals surface area contributed by atoms with Gasteiger partial charge in [-0.3, -0.25) is 9.89 Å². The van der Waals surface area contributed by atoms with Gasteiger partial charge in [-0.25, -0.2) is 0 Å². The van der Waals surface area contributed by atoms with Gasteiger partial charge in [-0.2, -0.15) is 0 Å². The normalized spacial score (nSPS) is 22.3. The standard InChI is InChI=1S/C14H17Cl2N3O/c15-10-4-3-5-11(16)13(10)19(14-17-7-8-18-14)12-6-1-2-9-20-12/h3-5,12H,1-2,6-9H2,(H,17,18). The number of guanidine groups is 1. The van der Waals surface area contributed by atoms with Crippen LogP contribution in [-0.4, -0.2) is 31.9 Å². The SMILES string of the molecule is Clc1cccc(Cl)c1N(C1=NCCN1)C1CCCCO1. The Morgan fingerprint density at radius 2 is 2.05 bits per heavy atom. The van der Waals surface area contributed by atoms with E-state index in [-0.39, 0.29) is 6.23 Å². The molecule has 0 saturated carbocycles. The molecule has 2 aliphatic rings. The predicted molar refractivity (Wildman–Crippen MR) is 82.8 cm³/mol. The Kier molecular flexibility index (Phi) is 4.34. The van der Waals surface area contributed by atoms with Gasteiger partial charge in [0.05, 0.1) is 22.3 Å². The molecule has 1 aromatic rings. The number of benzene rings is 1.